The van der Waals surface area contributed by atoms with Crippen LogP contribution in [0.15, 0.2) is 60.7 Å². The van der Waals surface area contributed by atoms with Crippen LogP contribution in [0.25, 0.3) is 0 Å². The number of anilines is 2. The highest BCUT2D eigenvalue weighted by Crippen LogP contribution is 2.30. The molecule has 1 fully saturated rings. The van der Waals surface area contributed by atoms with E-state index in [1.54, 1.807) is 14.2 Å². The first-order valence-electron chi connectivity index (χ1n) is 10.8. The number of para-hydroxylation sites is 1. The van der Waals surface area contributed by atoms with Gasteiger partial charge in [0.1, 0.15) is 11.5 Å². The molecule has 1 aromatic heterocycles. The number of carbonyl (C=O) groups excluding carboxylic acids is 1. The first kappa shape index (κ1) is 21.7. The van der Waals surface area contributed by atoms with Gasteiger partial charge in [0.2, 0.25) is 5.91 Å². The summed E-state index contributed by atoms with van der Waals surface area (Å²) in [6.45, 7) is 3.43. The zero-order valence-electron chi connectivity index (χ0n) is 18.8. The SMILES string of the molecule is COc1cccc(Nc2cc(C)nc([C@H]3CCN(C(=O)Cc4ccccc4OC)C3)c2)c1. The van der Waals surface area contributed by atoms with Gasteiger partial charge in [-0.1, -0.05) is 24.3 Å². The lowest BCUT2D eigenvalue weighted by molar-refractivity contribution is -0.129. The number of carbonyl (C=O) groups is 1. The topological polar surface area (TPSA) is 63.7 Å². The lowest BCUT2D eigenvalue weighted by Crippen LogP contribution is -2.30. The zero-order valence-corrected chi connectivity index (χ0v) is 18.8. The molecule has 32 heavy (non-hydrogen) atoms. The van der Waals surface area contributed by atoms with Gasteiger partial charge in [-0.3, -0.25) is 9.78 Å². The maximum Gasteiger partial charge on any atom is 0.227 e. The Morgan fingerprint density at radius 2 is 1.91 bits per heavy atom. The van der Waals surface area contributed by atoms with Crippen LogP contribution in [-0.2, 0) is 11.2 Å². The van der Waals surface area contributed by atoms with Crippen molar-refractivity contribution in [3.05, 3.63) is 77.6 Å². The summed E-state index contributed by atoms with van der Waals surface area (Å²) in [5, 5.41) is 3.45. The number of methoxy groups -OCH3 is 2. The van der Waals surface area contributed by atoms with E-state index in [-0.39, 0.29) is 11.8 Å². The van der Waals surface area contributed by atoms with Crippen LogP contribution in [0.4, 0.5) is 11.4 Å². The van der Waals surface area contributed by atoms with E-state index < -0.39 is 0 Å². The van der Waals surface area contributed by atoms with Gasteiger partial charge in [0.25, 0.3) is 0 Å². The number of ether oxygens (including phenoxy) is 2. The van der Waals surface area contributed by atoms with Crippen molar-refractivity contribution < 1.29 is 14.3 Å². The monoisotopic (exact) mass is 431 g/mol. The number of benzene rings is 2. The largest absolute Gasteiger partial charge is 0.497 e. The van der Waals surface area contributed by atoms with Crippen molar-refractivity contribution in [1.82, 2.24) is 9.88 Å². The second kappa shape index (κ2) is 9.73. The Kier molecular flexibility index (Phi) is 6.59. The zero-order chi connectivity index (χ0) is 22.5. The fraction of sp³-hybridized carbons (Fsp3) is 0.308. The molecule has 1 amide bonds. The normalized spacial score (nSPS) is 15.5. The minimum Gasteiger partial charge on any atom is -0.497 e. The Balaban J connectivity index is 1.45. The highest BCUT2D eigenvalue weighted by Gasteiger charge is 2.29. The summed E-state index contributed by atoms with van der Waals surface area (Å²) >= 11 is 0. The van der Waals surface area contributed by atoms with E-state index in [4.69, 9.17) is 14.5 Å². The third-order valence-electron chi connectivity index (χ3n) is 5.83. The average Bonchev–Trinajstić information content (AvgIpc) is 3.30. The Hall–Kier alpha value is -3.54. The fourth-order valence-corrected chi connectivity index (χ4v) is 4.19. The summed E-state index contributed by atoms with van der Waals surface area (Å²) in [4.78, 5) is 19.6. The number of pyridine rings is 1. The highest BCUT2D eigenvalue weighted by atomic mass is 16.5. The van der Waals surface area contributed by atoms with Gasteiger partial charge in [0, 0.05) is 53.4 Å². The minimum atomic E-state index is 0.124. The van der Waals surface area contributed by atoms with Crippen LogP contribution in [0.2, 0.25) is 0 Å². The second-order valence-corrected chi connectivity index (χ2v) is 8.09. The lowest BCUT2D eigenvalue weighted by atomic mass is 10.0. The molecule has 0 aliphatic carbocycles. The molecule has 1 N–H and O–H groups in total. The summed E-state index contributed by atoms with van der Waals surface area (Å²) in [6.07, 6.45) is 1.26. The summed E-state index contributed by atoms with van der Waals surface area (Å²) < 4.78 is 10.7. The molecule has 6 nitrogen and oxygen atoms in total. The Morgan fingerprint density at radius 3 is 2.72 bits per heavy atom. The van der Waals surface area contributed by atoms with Gasteiger partial charge in [0.15, 0.2) is 0 Å². The van der Waals surface area contributed by atoms with Crippen molar-refractivity contribution in [2.75, 3.05) is 32.6 Å². The molecule has 0 spiro atoms. The molecule has 1 aliphatic rings. The first-order chi connectivity index (χ1) is 15.6. The standard InChI is InChI=1S/C26H29N3O3/c1-18-13-22(28-21-8-6-9-23(15-21)31-2)16-24(27-18)20-11-12-29(17-20)26(30)14-19-7-4-5-10-25(19)32-3/h4-10,13,15-16,20H,11-12,14,17H2,1-3H3,(H,27,28)/t20-/m0/s1. The first-order valence-corrected chi connectivity index (χ1v) is 10.8. The van der Waals surface area contributed by atoms with Crippen LogP contribution in [0.5, 0.6) is 11.5 Å². The molecular formula is C26H29N3O3. The molecule has 6 heteroatoms. The van der Waals surface area contributed by atoms with Crippen molar-refractivity contribution in [3.63, 3.8) is 0 Å². The molecule has 4 rings (SSSR count). The van der Waals surface area contributed by atoms with E-state index >= 15 is 0 Å². The molecule has 1 saturated heterocycles. The maximum absolute atomic E-state index is 12.9. The Labute approximate surface area is 189 Å². The molecule has 1 aliphatic heterocycles. The molecule has 0 saturated carbocycles. The van der Waals surface area contributed by atoms with Crippen LogP contribution in [0.3, 0.4) is 0 Å². The van der Waals surface area contributed by atoms with Crippen molar-refractivity contribution >= 4 is 17.3 Å². The van der Waals surface area contributed by atoms with Crippen LogP contribution in [0.1, 0.15) is 29.3 Å². The maximum atomic E-state index is 12.9. The lowest BCUT2D eigenvalue weighted by Gasteiger charge is -2.18. The van der Waals surface area contributed by atoms with Gasteiger partial charge in [0.05, 0.1) is 20.6 Å². The van der Waals surface area contributed by atoms with E-state index in [9.17, 15) is 4.79 Å². The smallest absolute Gasteiger partial charge is 0.227 e. The van der Waals surface area contributed by atoms with Gasteiger partial charge in [-0.25, -0.2) is 0 Å². The Bertz CT molecular complexity index is 1100. The Morgan fingerprint density at radius 1 is 1.06 bits per heavy atom. The number of aryl methyl sites for hydroxylation is 1. The van der Waals surface area contributed by atoms with Crippen LogP contribution in [0, 0.1) is 6.92 Å². The van der Waals surface area contributed by atoms with Crippen LogP contribution >= 0.6 is 0 Å². The molecule has 2 heterocycles. The highest BCUT2D eigenvalue weighted by molar-refractivity contribution is 5.80. The fourth-order valence-electron chi connectivity index (χ4n) is 4.19. The number of likely N-dealkylation sites (tertiary alicyclic amines) is 1. The molecule has 0 radical (unpaired) electrons. The molecule has 1 atom stereocenters. The molecule has 0 bridgehead atoms. The summed E-state index contributed by atoms with van der Waals surface area (Å²) in [6, 6.07) is 19.7. The predicted molar refractivity (Wildman–Crippen MR) is 126 cm³/mol. The van der Waals surface area contributed by atoms with E-state index in [0.717, 1.165) is 52.8 Å². The van der Waals surface area contributed by atoms with Gasteiger partial charge in [-0.15, -0.1) is 0 Å². The van der Waals surface area contributed by atoms with Gasteiger partial charge < -0.3 is 19.7 Å². The molecule has 3 aromatic rings. The van der Waals surface area contributed by atoms with Crippen molar-refractivity contribution in [1.29, 1.82) is 0 Å². The van der Waals surface area contributed by atoms with Crippen LogP contribution in [-0.4, -0.2) is 43.1 Å². The van der Waals surface area contributed by atoms with Crippen molar-refractivity contribution in [2.24, 2.45) is 0 Å². The number of hydrogen-bond donors (Lipinski definition) is 1. The third-order valence-corrected chi connectivity index (χ3v) is 5.83. The van der Waals surface area contributed by atoms with Gasteiger partial charge in [-0.2, -0.15) is 0 Å². The number of hydrogen-bond acceptors (Lipinski definition) is 5. The van der Waals surface area contributed by atoms with Crippen molar-refractivity contribution in [3.8, 4) is 11.5 Å². The summed E-state index contributed by atoms with van der Waals surface area (Å²) in [7, 11) is 3.30. The van der Waals surface area contributed by atoms with Gasteiger partial charge >= 0.3 is 0 Å². The van der Waals surface area contributed by atoms with E-state index in [2.05, 4.69) is 11.4 Å². The predicted octanol–water partition coefficient (Wildman–Crippen LogP) is 4.71. The molecule has 0 unspecified atom stereocenters. The number of nitrogens with zero attached hydrogens (tertiary/aromatic N) is 2. The number of nitrogens with one attached hydrogen (secondary N) is 1. The molecule has 166 valence electrons. The summed E-state index contributed by atoms with van der Waals surface area (Å²) in [5.74, 6) is 1.91. The molecule has 2 aromatic carbocycles. The van der Waals surface area contributed by atoms with E-state index in [1.165, 1.54) is 0 Å². The number of rotatable bonds is 7. The third kappa shape index (κ3) is 5.02. The second-order valence-electron chi connectivity index (χ2n) is 8.09. The van der Waals surface area contributed by atoms with Crippen molar-refractivity contribution in [2.45, 2.75) is 25.7 Å². The van der Waals surface area contributed by atoms with E-state index in [1.807, 2.05) is 66.4 Å². The molecular weight excluding hydrogens is 402 g/mol. The number of aromatic nitrogens is 1. The quantitative estimate of drug-likeness (QED) is 0.587. The summed E-state index contributed by atoms with van der Waals surface area (Å²) in [5.41, 5.74) is 4.83. The van der Waals surface area contributed by atoms with Crippen LogP contribution < -0.4 is 14.8 Å². The van der Waals surface area contributed by atoms with E-state index in [0.29, 0.717) is 13.0 Å². The number of amides is 1. The average molecular weight is 432 g/mol. The minimum absolute atomic E-state index is 0.124. The van der Waals surface area contributed by atoms with Gasteiger partial charge in [-0.05, 0) is 43.7 Å².